The highest BCUT2D eigenvalue weighted by Crippen LogP contribution is 2.30. The fraction of sp³-hybridized carbons (Fsp3) is 0.318. The lowest BCUT2D eigenvalue weighted by atomic mass is 10.2. The van der Waals surface area contributed by atoms with E-state index in [0.717, 1.165) is 0 Å². The molecule has 0 saturated heterocycles. The van der Waals surface area contributed by atoms with Crippen molar-refractivity contribution in [2.24, 2.45) is 0 Å². The first-order valence-electron chi connectivity index (χ1n) is 9.63. The fourth-order valence-electron chi connectivity index (χ4n) is 3.16. The largest absolute Gasteiger partial charge is 0.497 e. The lowest BCUT2D eigenvalue weighted by Gasteiger charge is -2.11. The Morgan fingerprint density at radius 2 is 1.58 bits per heavy atom. The summed E-state index contributed by atoms with van der Waals surface area (Å²) < 4.78 is 22.4. The van der Waals surface area contributed by atoms with Gasteiger partial charge in [-0.2, -0.15) is 0 Å². The van der Waals surface area contributed by atoms with E-state index in [0.29, 0.717) is 52.6 Å². The molecule has 0 fully saturated rings. The Morgan fingerprint density at radius 3 is 2.19 bits per heavy atom. The first-order valence-corrected chi connectivity index (χ1v) is 9.63. The van der Waals surface area contributed by atoms with Crippen LogP contribution in [0, 0.1) is 0 Å². The molecule has 1 heterocycles. The molecule has 164 valence electrons. The van der Waals surface area contributed by atoms with Crippen LogP contribution in [0.5, 0.6) is 23.0 Å². The van der Waals surface area contributed by atoms with Crippen molar-refractivity contribution in [3.8, 4) is 23.0 Å². The number of anilines is 1. The number of nitrogens with zero attached hydrogens (tertiary/aromatic N) is 2. The van der Waals surface area contributed by atoms with Crippen LogP contribution >= 0.6 is 0 Å². The number of ether oxygens (including phenoxy) is 4. The van der Waals surface area contributed by atoms with Crippen molar-refractivity contribution in [3.63, 3.8) is 0 Å². The second-order valence-electron chi connectivity index (χ2n) is 6.72. The highest BCUT2D eigenvalue weighted by atomic mass is 16.5. The smallest absolute Gasteiger partial charge is 0.261 e. The van der Waals surface area contributed by atoms with Gasteiger partial charge in [-0.15, -0.1) is 0 Å². The minimum atomic E-state index is -0.205. The number of rotatable bonds is 9. The number of carbonyl (C=O) groups excluding carboxylic acids is 1. The maximum Gasteiger partial charge on any atom is 0.261 e. The maximum absolute atomic E-state index is 12.8. The fourth-order valence-corrected chi connectivity index (χ4v) is 3.16. The number of carbonyl (C=O) groups is 1. The summed E-state index contributed by atoms with van der Waals surface area (Å²) in [5.74, 6) is 1.94. The molecular weight excluding hydrogens is 402 g/mol. The summed E-state index contributed by atoms with van der Waals surface area (Å²) in [6, 6.07) is 8.41. The molecular formula is C22H25N3O6. The van der Waals surface area contributed by atoms with Crippen molar-refractivity contribution in [1.29, 1.82) is 0 Å². The summed E-state index contributed by atoms with van der Waals surface area (Å²) in [5, 5.41) is 3.24. The number of fused-ring (bicyclic) bond motifs is 1. The number of aromatic nitrogens is 2. The molecule has 3 aromatic rings. The van der Waals surface area contributed by atoms with E-state index < -0.39 is 0 Å². The van der Waals surface area contributed by atoms with Crippen LogP contribution in [0.25, 0.3) is 10.9 Å². The van der Waals surface area contributed by atoms with Gasteiger partial charge in [-0.3, -0.25) is 14.2 Å². The monoisotopic (exact) mass is 427 g/mol. The number of aryl methyl sites for hydroxylation is 1. The standard InChI is InChI=1S/C22H25N3O6/c1-28-15-8-14(9-16(10-15)29-2)24-21(26)6-5-7-25-13-23-18-12-20(31-4)19(30-3)11-17(18)22(25)27/h8-13H,5-7H2,1-4H3,(H,24,26). The van der Waals surface area contributed by atoms with Crippen LogP contribution in [0.1, 0.15) is 12.8 Å². The van der Waals surface area contributed by atoms with Crippen LogP contribution in [0.3, 0.4) is 0 Å². The van der Waals surface area contributed by atoms with E-state index in [1.165, 1.54) is 25.1 Å². The highest BCUT2D eigenvalue weighted by molar-refractivity contribution is 5.91. The predicted octanol–water partition coefficient (Wildman–Crippen LogP) is 2.85. The van der Waals surface area contributed by atoms with Crippen LogP contribution in [0.2, 0.25) is 0 Å². The highest BCUT2D eigenvalue weighted by Gasteiger charge is 2.12. The third-order valence-corrected chi connectivity index (χ3v) is 4.77. The zero-order chi connectivity index (χ0) is 22.4. The first kappa shape index (κ1) is 21.9. The van der Waals surface area contributed by atoms with Crippen LogP contribution in [0.4, 0.5) is 5.69 Å². The molecule has 9 heteroatoms. The van der Waals surface area contributed by atoms with Gasteiger partial charge in [0.05, 0.1) is 45.7 Å². The van der Waals surface area contributed by atoms with Crippen molar-refractivity contribution in [1.82, 2.24) is 9.55 Å². The van der Waals surface area contributed by atoms with Crippen molar-refractivity contribution >= 4 is 22.5 Å². The van der Waals surface area contributed by atoms with E-state index in [1.807, 2.05) is 0 Å². The summed E-state index contributed by atoms with van der Waals surface area (Å²) in [6.45, 7) is 0.352. The molecule has 31 heavy (non-hydrogen) atoms. The molecule has 1 aromatic heterocycles. The molecule has 2 aromatic carbocycles. The number of methoxy groups -OCH3 is 4. The molecule has 0 spiro atoms. The molecule has 0 bridgehead atoms. The van der Waals surface area contributed by atoms with Gasteiger partial charge in [0.25, 0.3) is 5.56 Å². The van der Waals surface area contributed by atoms with Gasteiger partial charge in [0.15, 0.2) is 11.5 Å². The van der Waals surface area contributed by atoms with Crippen LogP contribution in [-0.2, 0) is 11.3 Å². The average molecular weight is 427 g/mol. The summed E-state index contributed by atoms with van der Waals surface area (Å²) in [7, 11) is 6.12. The van der Waals surface area contributed by atoms with Gasteiger partial charge in [-0.25, -0.2) is 4.98 Å². The van der Waals surface area contributed by atoms with E-state index in [1.54, 1.807) is 44.6 Å². The number of hydrogen-bond donors (Lipinski definition) is 1. The van der Waals surface area contributed by atoms with Gasteiger partial charge < -0.3 is 24.3 Å². The van der Waals surface area contributed by atoms with E-state index in [9.17, 15) is 9.59 Å². The zero-order valence-electron chi connectivity index (χ0n) is 17.9. The maximum atomic E-state index is 12.8. The Bertz CT molecular complexity index is 1120. The van der Waals surface area contributed by atoms with Crippen molar-refractivity contribution < 1.29 is 23.7 Å². The number of amides is 1. The molecule has 0 radical (unpaired) electrons. The van der Waals surface area contributed by atoms with Crippen LogP contribution < -0.4 is 29.8 Å². The van der Waals surface area contributed by atoms with Gasteiger partial charge >= 0.3 is 0 Å². The summed E-state index contributed by atoms with van der Waals surface area (Å²) in [5.41, 5.74) is 0.888. The Morgan fingerprint density at radius 1 is 0.935 bits per heavy atom. The van der Waals surface area contributed by atoms with Crippen molar-refractivity contribution in [2.45, 2.75) is 19.4 Å². The second kappa shape index (κ2) is 9.84. The van der Waals surface area contributed by atoms with Crippen molar-refractivity contribution in [2.75, 3.05) is 33.8 Å². The minimum absolute atomic E-state index is 0.177. The minimum Gasteiger partial charge on any atom is -0.497 e. The lowest BCUT2D eigenvalue weighted by molar-refractivity contribution is -0.116. The molecule has 0 aliphatic carbocycles. The Hall–Kier alpha value is -3.75. The summed E-state index contributed by atoms with van der Waals surface area (Å²) in [6.07, 6.45) is 2.17. The normalized spacial score (nSPS) is 10.6. The number of benzene rings is 2. The van der Waals surface area contributed by atoms with Crippen LogP contribution in [-0.4, -0.2) is 43.9 Å². The van der Waals surface area contributed by atoms with Gasteiger partial charge in [-0.05, 0) is 12.5 Å². The lowest BCUT2D eigenvalue weighted by Crippen LogP contribution is -2.22. The van der Waals surface area contributed by atoms with E-state index in [2.05, 4.69) is 10.3 Å². The Labute approximate surface area is 179 Å². The molecule has 0 aliphatic heterocycles. The number of hydrogen-bond acceptors (Lipinski definition) is 7. The molecule has 1 N–H and O–H groups in total. The van der Waals surface area contributed by atoms with Gasteiger partial charge in [0.2, 0.25) is 5.91 Å². The number of nitrogens with one attached hydrogen (secondary N) is 1. The molecule has 1 amide bonds. The molecule has 3 rings (SSSR count). The molecule has 0 saturated carbocycles. The van der Waals surface area contributed by atoms with Crippen LogP contribution in [0.15, 0.2) is 41.5 Å². The molecule has 9 nitrogen and oxygen atoms in total. The van der Waals surface area contributed by atoms with E-state index in [-0.39, 0.29) is 17.9 Å². The quantitative estimate of drug-likeness (QED) is 0.560. The van der Waals surface area contributed by atoms with Gasteiger partial charge in [-0.1, -0.05) is 0 Å². The SMILES string of the molecule is COc1cc(NC(=O)CCCn2cnc3cc(OC)c(OC)cc3c2=O)cc(OC)c1. The predicted molar refractivity (Wildman–Crippen MR) is 117 cm³/mol. The van der Waals surface area contributed by atoms with E-state index in [4.69, 9.17) is 18.9 Å². The van der Waals surface area contributed by atoms with Gasteiger partial charge in [0.1, 0.15) is 11.5 Å². The second-order valence-corrected chi connectivity index (χ2v) is 6.72. The summed E-state index contributed by atoms with van der Waals surface area (Å²) in [4.78, 5) is 29.5. The van der Waals surface area contributed by atoms with E-state index >= 15 is 0 Å². The summed E-state index contributed by atoms with van der Waals surface area (Å²) >= 11 is 0. The van der Waals surface area contributed by atoms with Gasteiger partial charge in [0, 0.05) is 42.9 Å². The average Bonchev–Trinajstić information content (AvgIpc) is 2.79. The first-order chi connectivity index (χ1) is 15.0. The van der Waals surface area contributed by atoms with Crippen molar-refractivity contribution in [3.05, 3.63) is 47.0 Å². The third kappa shape index (κ3) is 5.06. The molecule has 0 atom stereocenters. The topological polar surface area (TPSA) is 101 Å². The Kier molecular flexibility index (Phi) is 6.96. The molecule has 0 unspecified atom stereocenters. The molecule has 0 aliphatic rings. The zero-order valence-corrected chi connectivity index (χ0v) is 17.9. The Balaban J connectivity index is 1.67. The third-order valence-electron chi connectivity index (χ3n) is 4.77.